The van der Waals surface area contributed by atoms with Crippen molar-refractivity contribution >= 4 is 40.7 Å². The molecule has 6 nitrogen and oxygen atoms in total. The number of hydrogen-bond acceptors (Lipinski definition) is 4. The zero-order valence-electron chi connectivity index (χ0n) is 13.5. The van der Waals surface area contributed by atoms with E-state index in [0.717, 1.165) is 5.56 Å². The van der Waals surface area contributed by atoms with Crippen LogP contribution in [0.25, 0.3) is 0 Å². The first-order valence-electron chi connectivity index (χ1n) is 8.38. The van der Waals surface area contributed by atoms with Crippen LogP contribution in [0.3, 0.4) is 0 Å². The zero-order chi connectivity index (χ0) is 17.8. The van der Waals surface area contributed by atoms with Gasteiger partial charge in [0.05, 0.1) is 28.0 Å². The van der Waals surface area contributed by atoms with E-state index in [2.05, 4.69) is 10.6 Å². The fourth-order valence-electron chi connectivity index (χ4n) is 4.22. The molecule has 2 fully saturated rings. The molecule has 0 aliphatic carbocycles. The molecule has 8 heteroatoms. The summed E-state index contributed by atoms with van der Waals surface area (Å²) in [5.41, 5.74) is 0.748. The topological polar surface area (TPSA) is 81.7 Å². The highest BCUT2D eigenvalue weighted by Gasteiger charge is 2.53. The summed E-state index contributed by atoms with van der Waals surface area (Å²) in [5, 5.41) is 16.1. The van der Waals surface area contributed by atoms with Gasteiger partial charge in [-0.05, 0) is 30.5 Å². The van der Waals surface area contributed by atoms with E-state index < -0.39 is 5.41 Å². The number of hydrogen-bond donors (Lipinski definition) is 3. The Bertz CT molecular complexity index is 757. The van der Waals surface area contributed by atoms with Gasteiger partial charge in [0.1, 0.15) is 0 Å². The van der Waals surface area contributed by atoms with E-state index in [1.807, 2.05) is 0 Å². The van der Waals surface area contributed by atoms with E-state index in [0.29, 0.717) is 48.2 Å². The van der Waals surface area contributed by atoms with Crippen LogP contribution in [-0.2, 0) is 15.0 Å². The Morgan fingerprint density at radius 2 is 2.12 bits per heavy atom. The SMILES string of the molecule is O=C([C@@H]1CN[C@H](CO)C1)N1CC[C@]2(C1)C(=O)Nc1cc(Cl)c(Cl)cc12. The molecule has 0 aromatic heterocycles. The summed E-state index contributed by atoms with van der Waals surface area (Å²) in [7, 11) is 0. The minimum absolute atomic E-state index is 0.0260. The summed E-state index contributed by atoms with van der Waals surface area (Å²) in [6, 6.07) is 3.38. The van der Waals surface area contributed by atoms with Crippen molar-refractivity contribution in [3.63, 3.8) is 0 Å². The van der Waals surface area contributed by atoms with E-state index in [4.69, 9.17) is 23.2 Å². The fourth-order valence-corrected chi connectivity index (χ4v) is 4.55. The van der Waals surface area contributed by atoms with Crippen LogP contribution < -0.4 is 10.6 Å². The minimum atomic E-state index is -0.748. The number of anilines is 1. The third kappa shape index (κ3) is 2.63. The van der Waals surface area contributed by atoms with Gasteiger partial charge in [-0.3, -0.25) is 9.59 Å². The van der Waals surface area contributed by atoms with Gasteiger partial charge in [-0.2, -0.15) is 0 Å². The molecule has 134 valence electrons. The van der Waals surface area contributed by atoms with Gasteiger partial charge in [-0.15, -0.1) is 0 Å². The molecule has 3 N–H and O–H groups in total. The number of benzene rings is 1. The quantitative estimate of drug-likeness (QED) is 0.720. The number of halogens is 2. The number of nitrogens with one attached hydrogen (secondary N) is 2. The lowest BCUT2D eigenvalue weighted by atomic mass is 9.81. The summed E-state index contributed by atoms with van der Waals surface area (Å²) in [5.74, 6) is -0.208. The van der Waals surface area contributed by atoms with E-state index in [9.17, 15) is 14.7 Å². The van der Waals surface area contributed by atoms with Crippen molar-refractivity contribution in [3.05, 3.63) is 27.7 Å². The first-order chi connectivity index (χ1) is 11.9. The highest BCUT2D eigenvalue weighted by atomic mass is 35.5. The molecule has 25 heavy (non-hydrogen) atoms. The molecule has 3 aliphatic rings. The molecule has 4 rings (SSSR count). The Labute approximate surface area is 155 Å². The molecule has 2 amide bonds. The van der Waals surface area contributed by atoms with Crippen molar-refractivity contribution in [2.24, 2.45) is 5.92 Å². The third-order valence-electron chi connectivity index (χ3n) is 5.63. The molecule has 3 atom stereocenters. The van der Waals surface area contributed by atoms with Gasteiger partial charge in [0.25, 0.3) is 0 Å². The first-order valence-corrected chi connectivity index (χ1v) is 9.14. The van der Waals surface area contributed by atoms with Crippen LogP contribution >= 0.6 is 23.2 Å². The Morgan fingerprint density at radius 1 is 1.36 bits per heavy atom. The second-order valence-corrected chi connectivity index (χ2v) is 7.89. The van der Waals surface area contributed by atoms with Crippen LogP contribution in [-0.4, -0.2) is 54.1 Å². The summed E-state index contributed by atoms with van der Waals surface area (Å²) in [6.45, 7) is 1.48. The van der Waals surface area contributed by atoms with Crippen LogP contribution in [0.15, 0.2) is 12.1 Å². The van der Waals surface area contributed by atoms with Gasteiger partial charge in [-0.25, -0.2) is 0 Å². The standard InChI is InChI=1S/C17H19Cl2N3O3/c18-12-4-11-14(5-13(12)19)21-16(25)17(11)1-2-22(8-17)15(24)9-3-10(7-23)20-6-9/h4-5,9-10,20,23H,1-3,6-8H2,(H,21,25)/t9-,10-,17+/m0/s1. The molecule has 1 aromatic carbocycles. The number of amides is 2. The lowest BCUT2D eigenvalue weighted by molar-refractivity contribution is -0.134. The number of rotatable bonds is 2. The van der Waals surface area contributed by atoms with E-state index >= 15 is 0 Å². The Kier molecular flexibility index (Phi) is 4.19. The second kappa shape index (κ2) is 6.13. The van der Waals surface area contributed by atoms with Crippen molar-refractivity contribution in [1.29, 1.82) is 0 Å². The van der Waals surface area contributed by atoms with Crippen molar-refractivity contribution < 1.29 is 14.7 Å². The smallest absolute Gasteiger partial charge is 0.237 e. The first kappa shape index (κ1) is 17.1. The largest absolute Gasteiger partial charge is 0.395 e. The zero-order valence-corrected chi connectivity index (χ0v) is 15.0. The number of fused-ring (bicyclic) bond motifs is 2. The van der Waals surface area contributed by atoms with Gasteiger partial charge in [-0.1, -0.05) is 23.2 Å². The van der Waals surface area contributed by atoms with Gasteiger partial charge in [0, 0.05) is 31.4 Å². The molecular weight excluding hydrogens is 365 g/mol. The number of carbonyl (C=O) groups excluding carboxylic acids is 2. The third-order valence-corrected chi connectivity index (χ3v) is 6.35. The summed E-state index contributed by atoms with van der Waals surface area (Å²) >= 11 is 12.2. The maximum Gasteiger partial charge on any atom is 0.237 e. The summed E-state index contributed by atoms with van der Waals surface area (Å²) < 4.78 is 0. The Morgan fingerprint density at radius 3 is 2.84 bits per heavy atom. The number of carbonyl (C=O) groups is 2. The van der Waals surface area contributed by atoms with Gasteiger partial charge < -0.3 is 20.6 Å². The van der Waals surface area contributed by atoms with Gasteiger partial charge in [0.15, 0.2) is 0 Å². The van der Waals surface area contributed by atoms with E-state index in [1.54, 1.807) is 17.0 Å². The molecular formula is C17H19Cl2N3O3. The average Bonchev–Trinajstić information content (AvgIpc) is 3.29. The highest BCUT2D eigenvalue weighted by molar-refractivity contribution is 6.42. The van der Waals surface area contributed by atoms with Gasteiger partial charge in [0.2, 0.25) is 11.8 Å². The molecule has 1 aromatic rings. The van der Waals surface area contributed by atoms with Crippen molar-refractivity contribution in [2.75, 3.05) is 31.6 Å². The maximum absolute atomic E-state index is 12.8. The molecule has 0 bridgehead atoms. The van der Waals surface area contributed by atoms with Crippen LogP contribution in [0.1, 0.15) is 18.4 Å². The minimum Gasteiger partial charge on any atom is -0.395 e. The maximum atomic E-state index is 12.8. The van der Waals surface area contributed by atoms with Crippen LogP contribution in [0.5, 0.6) is 0 Å². The number of nitrogens with zero attached hydrogens (tertiary/aromatic N) is 1. The molecule has 0 unspecified atom stereocenters. The predicted octanol–water partition coefficient (Wildman–Crippen LogP) is 1.39. The molecule has 1 spiro atoms. The molecule has 0 radical (unpaired) electrons. The summed E-state index contributed by atoms with van der Waals surface area (Å²) in [6.07, 6.45) is 1.20. The Hall–Kier alpha value is -1.34. The number of aliphatic hydroxyl groups excluding tert-OH is 1. The second-order valence-electron chi connectivity index (χ2n) is 7.08. The highest BCUT2D eigenvalue weighted by Crippen LogP contribution is 2.47. The number of aliphatic hydroxyl groups is 1. The normalized spacial score (nSPS) is 30.8. The van der Waals surface area contributed by atoms with E-state index in [1.165, 1.54) is 0 Å². The van der Waals surface area contributed by atoms with Crippen LogP contribution in [0.2, 0.25) is 10.0 Å². The van der Waals surface area contributed by atoms with Gasteiger partial charge >= 0.3 is 0 Å². The average molecular weight is 384 g/mol. The van der Waals surface area contributed by atoms with Crippen LogP contribution in [0, 0.1) is 5.92 Å². The summed E-state index contributed by atoms with van der Waals surface area (Å²) in [4.78, 5) is 27.3. The molecule has 0 saturated carbocycles. The molecule has 3 heterocycles. The number of likely N-dealkylation sites (tertiary alicyclic amines) is 1. The molecule has 2 saturated heterocycles. The monoisotopic (exact) mass is 383 g/mol. The van der Waals surface area contributed by atoms with Crippen molar-refractivity contribution in [2.45, 2.75) is 24.3 Å². The van der Waals surface area contributed by atoms with Crippen molar-refractivity contribution in [3.8, 4) is 0 Å². The van der Waals surface area contributed by atoms with E-state index in [-0.39, 0.29) is 30.4 Å². The van der Waals surface area contributed by atoms with Crippen LogP contribution in [0.4, 0.5) is 5.69 Å². The Balaban J connectivity index is 1.57. The molecule has 3 aliphatic heterocycles. The lowest BCUT2D eigenvalue weighted by Gasteiger charge is -2.24. The fraction of sp³-hybridized carbons (Fsp3) is 0.529. The van der Waals surface area contributed by atoms with Crippen molar-refractivity contribution in [1.82, 2.24) is 10.2 Å². The lowest BCUT2D eigenvalue weighted by Crippen LogP contribution is -2.41. The predicted molar refractivity (Wildman–Crippen MR) is 95.0 cm³/mol.